The quantitative estimate of drug-likeness (QED) is 0.0418. The number of rotatable bonds is 25. The highest BCUT2D eigenvalue weighted by atomic mass is 32.2. The summed E-state index contributed by atoms with van der Waals surface area (Å²) in [5.41, 5.74) is 3.57. The molecule has 1 heterocycles. The first-order valence-electron chi connectivity index (χ1n) is 17.2. The van der Waals surface area contributed by atoms with Crippen LogP contribution in [0.1, 0.15) is 48.3 Å². The predicted octanol–water partition coefficient (Wildman–Crippen LogP) is 5.76. The monoisotopic (exact) mass is 766 g/mol. The van der Waals surface area contributed by atoms with Crippen molar-refractivity contribution < 1.29 is 31.7 Å². The molecule has 2 unspecified atom stereocenters. The van der Waals surface area contributed by atoms with Gasteiger partial charge >= 0.3 is 0 Å². The van der Waals surface area contributed by atoms with E-state index in [0.29, 0.717) is 85.7 Å². The lowest BCUT2D eigenvalue weighted by molar-refractivity contribution is -0.890. The van der Waals surface area contributed by atoms with Crippen LogP contribution in [-0.2, 0) is 24.3 Å². The number of anilines is 1. The SMILES string of the molecule is Cc1cc(N(CC(C)OCCOCCN(C)CCCS(=O)(=O)O)CC(C)OCC[N+](C)(C)CCCS)ccc1/N=N/c1sc(C#N)c(C)c1C#N. The van der Waals surface area contributed by atoms with Crippen molar-refractivity contribution in [3.63, 3.8) is 0 Å². The normalized spacial score (nSPS) is 13.4. The van der Waals surface area contributed by atoms with E-state index in [1.165, 1.54) is 0 Å². The minimum Gasteiger partial charge on any atom is -0.378 e. The van der Waals surface area contributed by atoms with Gasteiger partial charge in [-0.25, -0.2) is 0 Å². The molecule has 0 spiro atoms. The van der Waals surface area contributed by atoms with Gasteiger partial charge in [-0.1, -0.05) is 0 Å². The van der Waals surface area contributed by atoms with Crippen molar-refractivity contribution in [1.82, 2.24) is 4.90 Å². The number of nitriles is 2. The first kappa shape index (κ1) is 44.5. The molecule has 1 N–H and O–H groups in total. The number of benzene rings is 1. The molecule has 16 heteroatoms. The molecule has 0 aliphatic carbocycles. The summed E-state index contributed by atoms with van der Waals surface area (Å²) in [6, 6.07) is 10.2. The summed E-state index contributed by atoms with van der Waals surface area (Å²) >= 11 is 5.52. The van der Waals surface area contributed by atoms with E-state index in [9.17, 15) is 18.9 Å². The molecule has 51 heavy (non-hydrogen) atoms. The topological polar surface area (TPSA) is 161 Å². The van der Waals surface area contributed by atoms with E-state index < -0.39 is 10.1 Å². The molecule has 0 fully saturated rings. The summed E-state index contributed by atoms with van der Waals surface area (Å²) in [6.07, 6.45) is 1.26. The molecule has 284 valence electrons. The predicted molar refractivity (Wildman–Crippen MR) is 207 cm³/mol. The lowest BCUT2D eigenvalue weighted by Crippen LogP contribution is -2.44. The molecule has 0 bridgehead atoms. The standard InChI is InChI=1S/C35H55N7O6S3/c1-27-22-31(10-11-33(27)38-39-35-32(23-36)30(4)34(24-37)50-35)41(25-28(2)47-17-15-42(6,7)14-9-20-49)26-29(3)48-19-18-46-16-13-40(5)12-8-21-51(43,44)45/h10-11,22,28-29H,8-9,12-21,25-26H2,1-7H3,(H-,43,44,45,49)/p+1/b39-38+. The van der Waals surface area contributed by atoms with Crippen molar-refractivity contribution in [2.75, 3.05) is 103 Å². The van der Waals surface area contributed by atoms with Crippen LogP contribution in [0, 0.1) is 36.5 Å². The molecule has 2 rings (SSSR count). The van der Waals surface area contributed by atoms with Gasteiger partial charge in [-0.15, -0.1) is 21.6 Å². The number of azo groups is 1. The molecule has 1 aromatic carbocycles. The van der Waals surface area contributed by atoms with E-state index in [2.05, 4.69) is 67.0 Å². The van der Waals surface area contributed by atoms with Crippen LogP contribution >= 0.6 is 24.0 Å². The van der Waals surface area contributed by atoms with Crippen molar-refractivity contribution in [1.29, 1.82) is 10.5 Å². The number of nitrogens with zero attached hydrogens (tertiary/aromatic N) is 7. The molecule has 0 aliphatic heterocycles. The zero-order valence-electron chi connectivity index (χ0n) is 31.2. The highest BCUT2D eigenvalue weighted by molar-refractivity contribution is 7.85. The highest BCUT2D eigenvalue weighted by Crippen LogP contribution is 2.36. The molecule has 0 amide bonds. The Labute approximate surface area is 314 Å². The van der Waals surface area contributed by atoms with Gasteiger partial charge in [0.25, 0.3) is 10.1 Å². The van der Waals surface area contributed by atoms with E-state index in [1.807, 2.05) is 37.9 Å². The number of likely N-dealkylation sites (N-methyl/N-ethyl adjacent to an activating group) is 2. The maximum absolute atomic E-state index is 10.9. The number of ether oxygens (including phenoxy) is 3. The van der Waals surface area contributed by atoms with Gasteiger partial charge in [-0.05, 0) is 82.8 Å². The van der Waals surface area contributed by atoms with Gasteiger partial charge in [0.15, 0.2) is 5.00 Å². The van der Waals surface area contributed by atoms with Gasteiger partial charge < -0.3 is 28.5 Å². The van der Waals surface area contributed by atoms with Crippen molar-refractivity contribution >= 4 is 50.5 Å². The van der Waals surface area contributed by atoms with Gasteiger partial charge in [0.1, 0.15) is 23.6 Å². The number of quaternary nitrogens is 1. The molecule has 0 aliphatic rings. The smallest absolute Gasteiger partial charge is 0.264 e. The largest absolute Gasteiger partial charge is 0.378 e. The van der Waals surface area contributed by atoms with Crippen LogP contribution in [0.15, 0.2) is 28.4 Å². The number of aryl methyl sites for hydroxylation is 1. The van der Waals surface area contributed by atoms with Gasteiger partial charge in [0, 0.05) is 31.7 Å². The fourth-order valence-electron chi connectivity index (χ4n) is 5.24. The second kappa shape index (κ2) is 22.4. The zero-order chi connectivity index (χ0) is 38.0. The van der Waals surface area contributed by atoms with Crippen molar-refractivity contribution in [2.45, 2.75) is 52.7 Å². The van der Waals surface area contributed by atoms with Crippen LogP contribution in [0.25, 0.3) is 0 Å². The molecule has 0 saturated carbocycles. The number of thiol groups is 1. The summed E-state index contributed by atoms with van der Waals surface area (Å²) in [7, 11) is 2.37. The number of hydrogen-bond donors (Lipinski definition) is 2. The molecule has 13 nitrogen and oxygen atoms in total. The first-order valence-corrected chi connectivity index (χ1v) is 20.2. The van der Waals surface area contributed by atoms with Crippen molar-refractivity contribution in [3.8, 4) is 12.1 Å². The Hall–Kier alpha value is -2.64. The van der Waals surface area contributed by atoms with Crippen LogP contribution in [0.4, 0.5) is 16.4 Å². The summed E-state index contributed by atoms with van der Waals surface area (Å²) in [5, 5.41) is 28.1. The molecular formula is C35H56N7O6S3+. The average molecular weight is 767 g/mol. The van der Waals surface area contributed by atoms with E-state index in [0.717, 1.165) is 52.3 Å². The van der Waals surface area contributed by atoms with Gasteiger partial charge in [0.2, 0.25) is 0 Å². The van der Waals surface area contributed by atoms with E-state index in [4.69, 9.17) is 18.8 Å². The molecule has 1 aromatic heterocycles. The maximum Gasteiger partial charge on any atom is 0.264 e. The van der Waals surface area contributed by atoms with Crippen LogP contribution < -0.4 is 4.90 Å². The second-order valence-electron chi connectivity index (χ2n) is 13.4. The zero-order valence-corrected chi connectivity index (χ0v) is 33.7. The molecule has 2 atom stereocenters. The maximum atomic E-state index is 10.9. The summed E-state index contributed by atoms with van der Waals surface area (Å²) in [4.78, 5) is 4.67. The Balaban J connectivity index is 2.05. The fraction of sp³-hybridized carbons (Fsp3) is 0.657. The Bertz CT molecular complexity index is 1590. The minimum absolute atomic E-state index is 0.0413. The summed E-state index contributed by atoms with van der Waals surface area (Å²) in [5.74, 6) is 0.620. The fourth-order valence-corrected chi connectivity index (χ4v) is 6.75. The van der Waals surface area contributed by atoms with Crippen LogP contribution in [-0.4, -0.2) is 133 Å². The van der Waals surface area contributed by atoms with E-state index >= 15 is 0 Å². The lowest BCUT2D eigenvalue weighted by Gasteiger charge is -2.32. The molecule has 0 saturated heterocycles. The summed E-state index contributed by atoms with van der Waals surface area (Å²) < 4.78 is 49.7. The van der Waals surface area contributed by atoms with Crippen molar-refractivity contribution in [2.24, 2.45) is 10.2 Å². The third-order valence-corrected chi connectivity index (χ3v) is 10.5. The Morgan fingerprint density at radius 1 is 0.980 bits per heavy atom. The third kappa shape index (κ3) is 17.2. The van der Waals surface area contributed by atoms with Crippen LogP contribution in [0.2, 0.25) is 0 Å². The molecule has 0 radical (unpaired) electrons. The van der Waals surface area contributed by atoms with Gasteiger partial charge in [0.05, 0.1) is 76.3 Å². The average Bonchev–Trinajstić information content (AvgIpc) is 3.37. The lowest BCUT2D eigenvalue weighted by atomic mass is 10.1. The number of thiophene rings is 1. The summed E-state index contributed by atoms with van der Waals surface area (Å²) in [6.45, 7) is 14.2. The second-order valence-corrected chi connectivity index (χ2v) is 16.4. The third-order valence-electron chi connectivity index (χ3n) is 8.30. The molecule has 2 aromatic rings. The minimum atomic E-state index is -3.94. The highest BCUT2D eigenvalue weighted by Gasteiger charge is 2.19. The Kier molecular flexibility index (Phi) is 19.6. The van der Waals surface area contributed by atoms with Crippen LogP contribution in [0.3, 0.4) is 0 Å². The first-order chi connectivity index (χ1) is 24.1. The van der Waals surface area contributed by atoms with Crippen LogP contribution in [0.5, 0.6) is 0 Å². The Morgan fingerprint density at radius 3 is 2.27 bits per heavy atom. The van der Waals surface area contributed by atoms with Crippen molar-refractivity contribution in [3.05, 3.63) is 39.8 Å². The van der Waals surface area contributed by atoms with E-state index in [1.54, 1.807) is 6.92 Å². The molecular weight excluding hydrogens is 711 g/mol. The van der Waals surface area contributed by atoms with E-state index in [-0.39, 0.29) is 18.0 Å². The van der Waals surface area contributed by atoms with Gasteiger partial charge in [-0.3, -0.25) is 4.55 Å². The Morgan fingerprint density at radius 2 is 1.67 bits per heavy atom. The number of hydrogen-bond acceptors (Lipinski definition) is 13. The van der Waals surface area contributed by atoms with Gasteiger partial charge in [-0.2, -0.15) is 31.6 Å².